The standard InChI is InChI=1S/C24H21FN4O3/c1-32-21-13-7-2-8-16(21)14-29(24(31)27-20-12-6-4-10-18(20)25)15-22-26-19-11-5-3-9-17(19)23(30)28-22/h2-13H,14-15H2,1H3,(H,27,31)(H,26,28,30). The van der Waals surface area contributed by atoms with Gasteiger partial charge in [0.05, 0.1) is 36.8 Å². The molecule has 7 nitrogen and oxygen atoms in total. The predicted molar refractivity (Wildman–Crippen MR) is 120 cm³/mol. The van der Waals surface area contributed by atoms with E-state index < -0.39 is 11.8 Å². The number of nitrogens with zero attached hydrogens (tertiary/aromatic N) is 2. The molecule has 0 atom stereocenters. The second-order valence-electron chi connectivity index (χ2n) is 7.11. The molecule has 2 amide bonds. The highest BCUT2D eigenvalue weighted by atomic mass is 19.1. The number of para-hydroxylation sites is 3. The van der Waals surface area contributed by atoms with Crippen molar-refractivity contribution < 1.29 is 13.9 Å². The maximum absolute atomic E-state index is 14.1. The van der Waals surface area contributed by atoms with Gasteiger partial charge < -0.3 is 19.9 Å². The van der Waals surface area contributed by atoms with E-state index in [0.29, 0.717) is 22.5 Å². The molecular formula is C24H21FN4O3. The number of methoxy groups -OCH3 is 1. The van der Waals surface area contributed by atoms with Crippen LogP contribution in [0.1, 0.15) is 11.4 Å². The number of H-pyrrole nitrogens is 1. The molecule has 0 spiro atoms. The van der Waals surface area contributed by atoms with Crippen LogP contribution in [-0.2, 0) is 13.1 Å². The van der Waals surface area contributed by atoms with Crippen LogP contribution in [0.15, 0.2) is 77.6 Å². The van der Waals surface area contributed by atoms with E-state index in [1.165, 1.54) is 17.0 Å². The summed E-state index contributed by atoms with van der Waals surface area (Å²) in [7, 11) is 1.55. The van der Waals surface area contributed by atoms with E-state index >= 15 is 0 Å². The number of amides is 2. The summed E-state index contributed by atoms with van der Waals surface area (Å²) in [5.74, 6) is 0.374. The minimum atomic E-state index is -0.546. The third kappa shape index (κ3) is 4.59. The number of aromatic nitrogens is 2. The number of carbonyl (C=O) groups is 1. The number of carbonyl (C=O) groups excluding carboxylic acids is 1. The number of urea groups is 1. The normalized spacial score (nSPS) is 10.7. The molecule has 0 saturated carbocycles. The quantitative estimate of drug-likeness (QED) is 0.475. The zero-order chi connectivity index (χ0) is 22.5. The molecule has 2 N–H and O–H groups in total. The molecule has 8 heteroatoms. The zero-order valence-electron chi connectivity index (χ0n) is 17.3. The van der Waals surface area contributed by atoms with Crippen molar-refractivity contribution in [3.63, 3.8) is 0 Å². The largest absolute Gasteiger partial charge is 0.496 e. The molecule has 1 heterocycles. The van der Waals surface area contributed by atoms with E-state index in [-0.39, 0.29) is 24.3 Å². The lowest BCUT2D eigenvalue weighted by Gasteiger charge is -2.24. The number of ether oxygens (including phenoxy) is 1. The van der Waals surface area contributed by atoms with Crippen molar-refractivity contribution >= 4 is 22.6 Å². The fraction of sp³-hybridized carbons (Fsp3) is 0.125. The lowest BCUT2D eigenvalue weighted by atomic mass is 10.2. The molecular weight excluding hydrogens is 411 g/mol. The van der Waals surface area contributed by atoms with Gasteiger partial charge in [0.1, 0.15) is 17.4 Å². The van der Waals surface area contributed by atoms with Gasteiger partial charge in [0.25, 0.3) is 5.56 Å². The molecule has 0 aliphatic heterocycles. The van der Waals surface area contributed by atoms with Crippen LogP contribution in [0.2, 0.25) is 0 Å². The van der Waals surface area contributed by atoms with Crippen molar-refractivity contribution in [1.29, 1.82) is 0 Å². The molecule has 4 rings (SSSR count). The van der Waals surface area contributed by atoms with Crippen molar-refractivity contribution in [3.05, 3.63) is 100 Å². The van der Waals surface area contributed by atoms with Crippen LogP contribution >= 0.6 is 0 Å². The van der Waals surface area contributed by atoms with Crippen molar-refractivity contribution in [2.45, 2.75) is 13.1 Å². The number of fused-ring (bicyclic) bond motifs is 1. The molecule has 0 bridgehead atoms. The average Bonchev–Trinajstić information content (AvgIpc) is 2.80. The Kier molecular flexibility index (Phi) is 6.12. The Balaban J connectivity index is 1.67. The molecule has 0 fully saturated rings. The minimum Gasteiger partial charge on any atom is -0.496 e. The number of rotatable bonds is 6. The Labute approximate surface area is 183 Å². The van der Waals surface area contributed by atoms with Crippen LogP contribution in [0, 0.1) is 5.82 Å². The molecule has 0 saturated heterocycles. The third-order valence-corrected chi connectivity index (χ3v) is 4.96. The first kappa shape index (κ1) is 21.0. The summed E-state index contributed by atoms with van der Waals surface area (Å²) in [4.78, 5) is 34.2. The van der Waals surface area contributed by atoms with Crippen molar-refractivity contribution in [3.8, 4) is 5.75 Å². The van der Waals surface area contributed by atoms with Gasteiger partial charge in [-0.1, -0.05) is 42.5 Å². The third-order valence-electron chi connectivity index (χ3n) is 4.96. The van der Waals surface area contributed by atoms with Crippen LogP contribution in [0.4, 0.5) is 14.9 Å². The van der Waals surface area contributed by atoms with Gasteiger partial charge in [-0.05, 0) is 30.3 Å². The van der Waals surface area contributed by atoms with Gasteiger partial charge in [-0.2, -0.15) is 0 Å². The number of hydrogen-bond acceptors (Lipinski definition) is 4. The molecule has 162 valence electrons. The summed E-state index contributed by atoms with van der Waals surface area (Å²) >= 11 is 0. The highest BCUT2D eigenvalue weighted by molar-refractivity contribution is 5.89. The Hall–Kier alpha value is -4.20. The highest BCUT2D eigenvalue weighted by Crippen LogP contribution is 2.21. The van der Waals surface area contributed by atoms with E-state index in [9.17, 15) is 14.0 Å². The lowest BCUT2D eigenvalue weighted by Crippen LogP contribution is -2.35. The first-order chi connectivity index (χ1) is 15.5. The highest BCUT2D eigenvalue weighted by Gasteiger charge is 2.19. The van der Waals surface area contributed by atoms with Gasteiger partial charge in [0.2, 0.25) is 0 Å². The van der Waals surface area contributed by atoms with E-state index in [1.54, 1.807) is 49.6 Å². The monoisotopic (exact) mass is 432 g/mol. The summed E-state index contributed by atoms with van der Waals surface area (Å²) in [6, 6.07) is 19.6. The Morgan fingerprint density at radius 2 is 1.75 bits per heavy atom. The number of halogens is 1. The van der Waals surface area contributed by atoms with E-state index in [0.717, 1.165) is 5.56 Å². The molecule has 0 aliphatic carbocycles. The van der Waals surface area contributed by atoms with Crippen LogP contribution in [0.3, 0.4) is 0 Å². The van der Waals surface area contributed by atoms with Gasteiger partial charge in [-0.25, -0.2) is 14.2 Å². The Bertz CT molecular complexity index is 1320. The van der Waals surface area contributed by atoms with Gasteiger partial charge in [0.15, 0.2) is 0 Å². The van der Waals surface area contributed by atoms with Gasteiger partial charge in [-0.3, -0.25) is 4.79 Å². The van der Waals surface area contributed by atoms with Gasteiger partial charge >= 0.3 is 6.03 Å². The van der Waals surface area contributed by atoms with Crippen molar-refractivity contribution in [2.24, 2.45) is 0 Å². The smallest absolute Gasteiger partial charge is 0.322 e. The second-order valence-corrected chi connectivity index (χ2v) is 7.11. The number of nitrogens with one attached hydrogen (secondary N) is 2. The topological polar surface area (TPSA) is 87.3 Å². The molecule has 32 heavy (non-hydrogen) atoms. The number of aromatic amines is 1. The van der Waals surface area contributed by atoms with Crippen molar-refractivity contribution in [1.82, 2.24) is 14.9 Å². The first-order valence-electron chi connectivity index (χ1n) is 9.95. The number of benzene rings is 3. The van der Waals surface area contributed by atoms with Gasteiger partial charge in [0, 0.05) is 5.56 Å². The summed E-state index contributed by atoms with van der Waals surface area (Å²) in [5, 5.41) is 3.05. The molecule has 4 aromatic rings. The van der Waals surface area contributed by atoms with Crippen LogP contribution in [0.25, 0.3) is 10.9 Å². The molecule has 1 aromatic heterocycles. The first-order valence-corrected chi connectivity index (χ1v) is 9.95. The van der Waals surface area contributed by atoms with Gasteiger partial charge in [-0.15, -0.1) is 0 Å². The Morgan fingerprint density at radius 1 is 1.03 bits per heavy atom. The molecule has 0 aliphatic rings. The Morgan fingerprint density at radius 3 is 2.56 bits per heavy atom. The SMILES string of the molecule is COc1ccccc1CN(Cc1nc2ccccc2c(=O)[nH]1)C(=O)Nc1ccccc1F. The summed E-state index contributed by atoms with van der Waals surface area (Å²) in [6.45, 7) is 0.152. The minimum absolute atomic E-state index is 0.00158. The fourth-order valence-electron chi connectivity index (χ4n) is 3.39. The maximum atomic E-state index is 14.1. The average molecular weight is 432 g/mol. The lowest BCUT2D eigenvalue weighted by molar-refractivity contribution is 0.204. The van der Waals surface area contributed by atoms with E-state index in [4.69, 9.17) is 4.74 Å². The second kappa shape index (κ2) is 9.30. The number of anilines is 1. The van der Waals surface area contributed by atoms with E-state index in [1.807, 2.05) is 18.2 Å². The molecule has 0 radical (unpaired) electrons. The molecule has 0 unspecified atom stereocenters. The zero-order valence-corrected chi connectivity index (χ0v) is 17.3. The predicted octanol–water partition coefficient (Wildman–Crippen LogP) is 4.31. The maximum Gasteiger partial charge on any atom is 0.322 e. The summed E-state index contributed by atoms with van der Waals surface area (Å²) < 4.78 is 19.5. The number of hydrogen-bond donors (Lipinski definition) is 2. The molecule has 3 aromatic carbocycles. The summed E-state index contributed by atoms with van der Waals surface area (Å²) in [5.41, 5.74) is 1.04. The van der Waals surface area contributed by atoms with E-state index in [2.05, 4.69) is 15.3 Å². The van der Waals surface area contributed by atoms with Crippen LogP contribution in [0.5, 0.6) is 5.75 Å². The fourth-order valence-corrected chi connectivity index (χ4v) is 3.39. The van der Waals surface area contributed by atoms with Crippen LogP contribution in [-0.4, -0.2) is 28.0 Å². The summed E-state index contributed by atoms with van der Waals surface area (Å²) in [6.07, 6.45) is 0. The van der Waals surface area contributed by atoms with Crippen molar-refractivity contribution in [2.75, 3.05) is 12.4 Å². The van der Waals surface area contributed by atoms with Crippen LogP contribution < -0.4 is 15.6 Å².